The van der Waals surface area contributed by atoms with Crippen molar-refractivity contribution >= 4 is 44.3 Å². The third-order valence-electron chi connectivity index (χ3n) is 4.82. The van der Waals surface area contributed by atoms with Crippen LogP contribution in [0.1, 0.15) is 37.6 Å². The van der Waals surface area contributed by atoms with E-state index in [2.05, 4.69) is 21.2 Å². The van der Waals surface area contributed by atoms with Gasteiger partial charge in [-0.3, -0.25) is 9.59 Å². The van der Waals surface area contributed by atoms with Crippen LogP contribution in [0.25, 0.3) is 11.0 Å². The predicted octanol–water partition coefficient (Wildman–Crippen LogP) is 6.30. The normalized spacial score (nSPS) is 10.9. The highest BCUT2D eigenvalue weighted by Gasteiger charge is 2.19. The molecule has 0 saturated heterocycles. The maximum absolute atomic E-state index is 12.9. The summed E-state index contributed by atoms with van der Waals surface area (Å²) in [6.45, 7) is 3.83. The molecule has 4 rings (SSSR count). The molecule has 0 unspecified atom stereocenters. The molecule has 29 heavy (non-hydrogen) atoms. The molecule has 0 aliphatic heterocycles. The van der Waals surface area contributed by atoms with Gasteiger partial charge in [0.05, 0.1) is 0 Å². The van der Waals surface area contributed by atoms with E-state index in [0.717, 1.165) is 21.0 Å². The number of amides is 1. The molecule has 3 aromatic carbocycles. The summed E-state index contributed by atoms with van der Waals surface area (Å²) in [6.07, 6.45) is 0. The molecule has 0 atom stereocenters. The first kappa shape index (κ1) is 19.2. The molecule has 1 heterocycles. The second-order valence-electron chi connectivity index (χ2n) is 6.92. The third-order valence-corrected chi connectivity index (χ3v) is 5.35. The van der Waals surface area contributed by atoms with Gasteiger partial charge in [0.2, 0.25) is 5.78 Å². The summed E-state index contributed by atoms with van der Waals surface area (Å²) in [5.74, 6) is -0.0339. The Kier molecular flexibility index (Phi) is 5.07. The van der Waals surface area contributed by atoms with E-state index in [1.165, 1.54) is 0 Å². The smallest absolute Gasteiger partial charge is 0.255 e. The molecule has 1 aromatic heterocycles. The molecular weight excluding hydrogens is 430 g/mol. The van der Waals surface area contributed by atoms with Crippen LogP contribution in [0.5, 0.6) is 0 Å². The van der Waals surface area contributed by atoms with Gasteiger partial charge < -0.3 is 9.73 Å². The molecular formula is C24H18BrNO3. The van der Waals surface area contributed by atoms with E-state index >= 15 is 0 Å². The number of benzene rings is 3. The van der Waals surface area contributed by atoms with Crippen molar-refractivity contribution in [1.82, 2.24) is 0 Å². The molecule has 5 heteroatoms. The van der Waals surface area contributed by atoms with Crippen LogP contribution < -0.4 is 5.32 Å². The summed E-state index contributed by atoms with van der Waals surface area (Å²) < 4.78 is 6.75. The van der Waals surface area contributed by atoms with Crippen LogP contribution in [0.3, 0.4) is 0 Å². The maximum Gasteiger partial charge on any atom is 0.255 e. The molecule has 0 saturated carbocycles. The van der Waals surface area contributed by atoms with Crippen LogP contribution in [-0.2, 0) is 0 Å². The summed E-state index contributed by atoms with van der Waals surface area (Å²) in [7, 11) is 0. The monoisotopic (exact) mass is 447 g/mol. The first-order valence-electron chi connectivity index (χ1n) is 9.14. The number of anilines is 1. The Morgan fingerprint density at radius 1 is 0.862 bits per heavy atom. The van der Waals surface area contributed by atoms with Gasteiger partial charge >= 0.3 is 0 Å². The SMILES string of the molecule is Cc1ccc(C(=O)c2oc3ccc(NC(=O)c4ccc(Br)cc4)cc3c2C)cc1. The Hall–Kier alpha value is -3.18. The molecule has 4 aromatic rings. The van der Waals surface area contributed by atoms with Crippen molar-refractivity contribution in [1.29, 1.82) is 0 Å². The van der Waals surface area contributed by atoms with E-state index in [-0.39, 0.29) is 11.7 Å². The second kappa shape index (κ2) is 7.68. The van der Waals surface area contributed by atoms with E-state index in [9.17, 15) is 9.59 Å². The molecule has 0 radical (unpaired) electrons. The Morgan fingerprint density at radius 2 is 1.52 bits per heavy atom. The second-order valence-corrected chi connectivity index (χ2v) is 7.84. The van der Waals surface area contributed by atoms with Crippen LogP contribution in [0.15, 0.2) is 75.6 Å². The number of fused-ring (bicyclic) bond motifs is 1. The standard InChI is InChI=1S/C24H18BrNO3/c1-14-3-5-16(6-4-14)22(27)23-15(2)20-13-19(11-12-21(20)29-23)26-24(28)17-7-9-18(25)10-8-17/h3-13H,1-2H3,(H,26,28). The minimum absolute atomic E-state index is 0.154. The van der Waals surface area contributed by atoms with Gasteiger partial charge in [-0.2, -0.15) is 0 Å². The number of halogens is 1. The zero-order valence-corrected chi connectivity index (χ0v) is 17.5. The lowest BCUT2D eigenvalue weighted by atomic mass is 10.0. The van der Waals surface area contributed by atoms with E-state index in [0.29, 0.717) is 28.2 Å². The first-order chi connectivity index (χ1) is 13.9. The Morgan fingerprint density at radius 3 is 2.21 bits per heavy atom. The van der Waals surface area contributed by atoms with Crippen LogP contribution in [0.4, 0.5) is 5.69 Å². The molecule has 4 nitrogen and oxygen atoms in total. The molecule has 1 N–H and O–H groups in total. The first-order valence-corrected chi connectivity index (χ1v) is 9.93. The number of rotatable bonds is 4. The Balaban J connectivity index is 1.63. The van der Waals surface area contributed by atoms with Crippen molar-refractivity contribution in [3.8, 4) is 0 Å². The lowest BCUT2D eigenvalue weighted by Crippen LogP contribution is -2.11. The number of carbonyl (C=O) groups excluding carboxylic acids is 2. The van der Waals surface area contributed by atoms with Crippen LogP contribution >= 0.6 is 15.9 Å². The van der Waals surface area contributed by atoms with Crippen LogP contribution in [0.2, 0.25) is 0 Å². The van der Waals surface area contributed by atoms with Crippen molar-refractivity contribution in [3.63, 3.8) is 0 Å². The van der Waals surface area contributed by atoms with Gasteiger partial charge in [0.15, 0.2) is 5.76 Å². The quantitative estimate of drug-likeness (QED) is 0.373. The largest absolute Gasteiger partial charge is 0.452 e. The lowest BCUT2D eigenvalue weighted by molar-refractivity contribution is 0.101. The number of nitrogens with one attached hydrogen (secondary N) is 1. The summed E-state index contributed by atoms with van der Waals surface area (Å²) in [4.78, 5) is 25.3. The van der Waals surface area contributed by atoms with Gasteiger partial charge in [-0.15, -0.1) is 0 Å². The summed E-state index contributed by atoms with van der Waals surface area (Å²) in [6, 6.07) is 19.9. The van der Waals surface area contributed by atoms with Gasteiger partial charge in [0, 0.05) is 32.2 Å². The van der Waals surface area contributed by atoms with Crippen molar-refractivity contribution in [2.75, 3.05) is 5.32 Å². The topological polar surface area (TPSA) is 59.3 Å². The molecule has 0 bridgehead atoms. The highest BCUT2D eigenvalue weighted by molar-refractivity contribution is 9.10. The predicted molar refractivity (Wildman–Crippen MR) is 118 cm³/mol. The fraction of sp³-hybridized carbons (Fsp3) is 0.0833. The van der Waals surface area contributed by atoms with E-state index in [4.69, 9.17) is 4.42 Å². The van der Waals surface area contributed by atoms with Crippen molar-refractivity contribution in [2.45, 2.75) is 13.8 Å². The molecule has 0 fully saturated rings. The van der Waals surface area contributed by atoms with E-state index < -0.39 is 0 Å². The third kappa shape index (κ3) is 3.87. The van der Waals surface area contributed by atoms with Crippen molar-refractivity contribution in [3.05, 3.63) is 99.2 Å². The minimum atomic E-state index is -0.200. The summed E-state index contributed by atoms with van der Waals surface area (Å²) >= 11 is 3.36. The van der Waals surface area contributed by atoms with Gasteiger partial charge in [0.25, 0.3) is 5.91 Å². The summed E-state index contributed by atoms with van der Waals surface area (Å²) in [5, 5.41) is 3.69. The number of hydrogen-bond donors (Lipinski definition) is 1. The number of ketones is 1. The van der Waals surface area contributed by atoms with Gasteiger partial charge in [-0.1, -0.05) is 45.8 Å². The molecule has 0 spiro atoms. The average molecular weight is 448 g/mol. The Bertz CT molecular complexity index is 1220. The highest BCUT2D eigenvalue weighted by Crippen LogP contribution is 2.29. The molecule has 1 amide bonds. The number of aryl methyl sites for hydroxylation is 2. The van der Waals surface area contributed by atoms with Gasteiger partial charge in [0.1, 0.15) is 5.58 Å². The van der Waals surface area contributed by atoms with Crippen LogP contribution in [-0.4, -0.2) is 11.7 Å². The summed E-state index contributed by atoms with van der Waals surface area (Å²) in [5.41, 5.74) is 4.25. The van der Waals surface area contributed by atoms with Gasteiger partial charge in [-0.25, -0.2) is 0 Å². The van der Waals surface area contributed by atoms with Crippen molar-refractivity contribution < 1.29 is 14.0 Å². The van der Waals surface area contributed by atoms with Crippen LogP contribution in [0, 0.1) is 13.8 Å². The fourth-order valence-corrected chi connectivity index (χ4v) is 3.42. The zero-order valence-electron chi connectivity index (χ0n) is 16.0. The average Bonchev–Trinajstić information content (AvgIpc) is 3.05. The lowest BCUT2D eigenvalue weighted by Gasteiger charge is -2.05. The van der Waals surface area contributed by atoms with E-state index in [1.54, 1.807) is 36.4 Å². The highest BCUT2D eigenvalue weighted by atomic mass is 79.9. The van der Waals surface area contributed by atoms with Crippen molar-refractivity contribution in [2.24, 2.45) is 0 Å². The molecule has 0 aliphatic rings. The number of furan rings is 1. The molecule has 144 valence electrons. The van der Waals surface area contributed by atoms with Gasteiger partial charge in [-0.05, 0) is 56.3 Å². The fourth-order valence-electron chi connectivity index (χ4n) is 3.16. The minimum Gasteiger partial charge on any atom is -0.452 e. The molecule has 0 aliphatic carbocycles. The maximum atomic E-state index is 12.9. The Labute approximate surface area is 176 Å². The zero-order chi connectivity index (χ0) is 20.5. The number of carbonyl (C=O) groups is 2. The number of hydrogen-bond acceptors (Lipinski definition) is 3. The van der Waals surface area contributed by atoms with E-state index in [1.807, 2.05) is 44.2 Å².